The lowest BCUT2D eigenvalue weighted by atomic mass is 9.97. The summed E-state index contributed by atoms with van der Waals surface area (Å²) in [5.74, 6) is 0. The lowest BCUT2D eigenvalue weighted by Crippen LogP contribution is -2.44. The molecule has 2 saturated heterocycles. The number of halogens is 1. The fraction of sp³-hybridized carbons (Fsp3) is 0.444. The molecule has 3 heteroatoms. The predicted molar refractivity (Wildman–Crippen MR) is 92.9 cm³/mol. The molecule has 2 aromatic carbocycles. The largest absolute Gasteiger partial charge is 0.382 e. The van der Waals surface area contributed by atoms with Gasteiger partial charge in [0.2, 0.25) is 0 Å². The van der Waals surface area contributed by atoms with Crippen LogP contribution < -0.4 is 5.32 Å². The molecule has 2 atom stereocenters. The van der Waals surface area contributed by atoms with E-state index in [9.17, 15) is 0 Å². The predicted octanol–water partition coefficient (Wildman–Crippen LogP) is 4.64. The van der Waals surface area contributed by atoms with Crippen molar-refractivity contribution in [2.45, 2.75) is 43.8 Å². The van der Waals surface area contributed by atoms with Crippen molar-refractivity contribution in [2.24, 2.45) is 0 Å². The van der Waals surface area contributed by atoms with E-state index in [0.717, 1.165) is 12.1 Å². The minimum absolute atomic E-state index is 0.614. The number of rotatable bonds is 2. The van der Waals surface area contributed by atoms with E-state index >= 15 is 0 Å². The van der Waals surface area contributed by atoms with E-state index in [-0.39, 0.29) is 0 Å². The third-order valence-electron chi connectivity index (χ3n) is 5.33. The summed E-state index contributed by atoms with van der Waals surface area (Å²) in [6.07, 6.45) is 5.30. The van der Waals surface area contributed by atoms with Gasteiger partial charge in [-0.1, -0.05) is 40.2 Å². The van der Waals surface area contributed by atoms with Crippen molar-refractivity contribution in [2.75, 3.05) is 12.4 Å². The molecule has 2 heterocycles. The van der Waals surface area contributed by atoms with E-state index < -0.39 is 0 Å². The zero-order valence-electron chi connectivity index (χ0n) is 12.3. The highest BCUT2D eigenvalue weighted by molar-refractivity contribution is 9.10. The monoisotopic (exact) mass is 344 g/mol. The summed E-state index contributed by atoms with van der Waals surface area (Å²) in [5, 5.41) is 6.43. The third kappa shape index (κ3) is 2.36. The van der Waals surface area contributed by atoms with Crippen LogP contribution in [0.3, 0.4) is 0 Å². The Balaban J connectivity index is 1.62. The Bertz CT molecular complexity index is 655. The van der Waals surface area contributed by atoms with Crippen LogP contribution in [0.2, 0.25) is 0 Å². The minimum Gasteiger partial charge on any atom is -0.382 e. The number of nitrogens with one attached hydrogen (secondary N) is 1. The molecule has 1 N–H and O–H groups in total. The van der Waals surface area contributed by atoms with Gasteiger partial charge in [0.1, 0.15) is 0 Å². The van der Waals surface area contributed by atoms with Crippen LogP contribution in [0.4, 0.5) is 5.69 Å². The smallest absolute Gasteiger partial charge is 0.0422 e. The van der Waals surface area contributed by atoms with Gasteiger partial charge in [0.05, 0.1) is 0 Å². The first kappa shape index (κ1) is 13.6. The highest BCUT2D eigenvalue weighted by Gasteiger charge is 2.38. The molecular formula is C18H21BrN2. The van der Waals surface area contributed by atoms with E-state index in [0.29, 0.717) is 6.04 Å². The first-order valence-corrected chi connectivity index (χ1v) is 8.67. The topological polar surface area (TPSA) is 15.3 Å². The molecule has 2 fully saturated rings. The first-order chi connectivity index (χ1) is 10.2. The zero-order chi connectivity index (χ0) is 14.4. The lowest BCUT2D eigenvalue weighted by molar-refractivity contribution is 0.169. The van der Waals surface area contributed by atoms with Gasteiger partial charge < -0.3 is 10.2 Å². The van der Waals surface area contributed by atoms with Crippen molar-refractivity contribution < 1.29 is 0 Å². The second-order valence-corrected chi connectivity index (χ2v) is 7.36. The van der Waals surface area contributed by atoms with Crippen molar-refractivity contribution in [3.05, 3.63) is 40.9 Å². The molecule has 0 amide bonds. The summed E-state index contributed by atoms with van der Waals surface area (Å²) in [4.78, 5) is 2.60. The van der Waals surface area contributed by atoms with Crippen molar-refractivity contribution in [1.29, 1.82) is 0 Å². The number of hydrogen-bond donors (Lipinski definition) is 1. The SMILES string of the molecule is CN1C2CCC1CC(Nc1ccc(Br)c3ccccc13)C2. The van der Waals surface area contributed by atoms with Gasteiger partial charge in [0.25, 0.3) is 0 Å². The van der Waals surface area contributed by atoms with Crippen LogP contribution in [-0.4, -0.2) is 30.1 Å². The van der Waals surface area contributed by atoms with Crippen molar-refractivity contribution in [1.82, 2.24) is 4.90 Å². The number of piperidine rings is 1. The molecule has 2 aliphatic rings. The highest BCUT2D eigenvalue weighted by Crippen LogP contribution is 2.37. The fourth-order valence-electron chi connectivity index (χ4n) is 4.14. The number of benzene rings is 2. The molecule has 0 aromatic heterocycles. The van der Waals surface area contributed by atoms with E-state index in [2.05, 4.69) is 69.6 Å². The van der Waals surface area contributed by atoms with E-state index in [1.165, 1.54) is 46.6 Å². The first-order valence-electron chi connectivity index (χ1n) is 7.88. The molecule has 2 bridgehead atoms. The number of fused-ring (bicyclic) bond motifs is 3. The maximum absolute atomic E-state index is 3.82. The van der Waals surface area contributed by atoms with Gasteiger partial charge in [-0.3, -0.25) is 0 Å². The molecule has 21 heavy (non-hydrogen) atoms. The average Bonchev–Trinajstić information content (AvgIpc) is 2.73. The molecule has 0 spiro atoms. The van der Waals surface area contributed by atoms with Crippen LogP contribution in [0, 0.1) is 0 Å². The Kier molecular flexibility index (Phi) is 3.43. The molecule has 2 nitrogen and oxygen atoms in total. The highest BCUT2D eigenvalue weighted by atomic mass is 79.9. The van der Waals surface area contributed by atoms with Gasteiger partial charge in [-0.25, -0.2) is 0 Å². The summed E-state index contributed by atoms with van der Waals surface area (Å²) >= 11 is 3.66. The van der Waals surface area contributed by atoms with Gasteiger partial charge in [-0.15, -0.1) is 0 Å². The number of hydrogen-bond acceptors (Lipinski definition) is 2. The van der Waals surface area contributed by atoms with E-state index in [1.54, 1.807) is 0 Å². The Morgan fingerprint density at radius 2 is 1.67 bits per heavy atom. The maximum Gasteiger partial charge on any atom is 0.0422 e. The average molecular weight is 345 g/mol. The second-order valence-electron chi connectivity index (χ2n) is 6.50. The van der Waals surface area contributed by atoms with Crippen molar-refractivity contribution >= 4 is 32.4 Å². The minimum atomic E-state index is 0.614. The molecule has 0 saturated carbocycles. The van der Waals surface area contributed by atoms with Crippen molar-refractivity contribution in [3.8, 4) is 0 Å². The third-order valence-corrected chi connectivity index (χ3v) is 6.02. The maximum atomic E-state index is 3.82. The molecule has 4 rings (SSSR count). The van der Waals surface area contributed by atoms with Gasteiger partial charge in [0, 0.05) is 33.7 Å². The van der Waals surface area contributed by atoms with Crippen LogP contribution in [0.1, 0.15) is 25.7 Å². The molecule has 0 radical (unpaired) electrons. The zero-order valence-corrected chi connectivity index (χ0v) is 13.9. The second kappa shape index (κ2) is 5.29. The molecule has 0 aliphatic carbocycles. The van der Waals surface area contributed by atoms with Gasteiger partial charge >= 0.3 is 0 Å². The van der Waals surface area contributed by atoms with Gasteiger partial charge in [-0.2, -0.15) is 0 Å². The summed E-state index contributed by atoms with van der Waals surface area (Å²) in [6.45, 7) is 0. The fourth-order valence-corrected chi connectivity index (χ4v) is 4.62. The Morgan fingerprint density at radius 3 is 2.38 bits per heavy atom. The lowest BCUT2D eigenvalue weighted by Gasteiger charge is -2.37. The standard InChI is InChI=1S/C18H21BrN2/c1-21-13-6-7-14(21)11-12(10-13)20-18-9-8-17(19)15-4-2-3-5-16(15)18/h2-5,8-9,12-14,20H,6-7,10-11H2,1H3. The molecule has 2 aliphatic heterocycles. The number of nitrogens with zero attached hydrogens (tertiary/aromatic N) is 1. The molecule has 110 valence electrons. The summed E-state index contributed by atoms with van der Waals surface area (Å²) in [5.41, 5.74) is 1.28. The van der Waals surface area contributed by atoms with Gasteiger partial charge in [0.15, 0.2) is 0 Å². The molecule has 2 aromatic rings. The summed E-state index contributed by atoms with van der Waals surface area (Å²) < 4.78 is 1.17. The van der Waals surface area contributed by atoms with Crippen LogP contribution in [0.5, 0.6) is 0 Å². The van der Waals surface area contributed by atoms with Crippen LogP contribution >= 0.6 is 15.9 Å². The summed E-state index contributed by atoms with van der Waals surface area (Å²) in [7, 11) is 2.30. The Labute approximate surface area is 134 Å². The molecular weight excluding hydrogens is 324 g/mol. The Morgan fingerprint density at radius 1 is 1.00 bits per heavy atom. The van der Waals surface area contributed by atoms with Crippen molar-refractivity contribution in [3.63, 3.8) is 0 Å². The van der Waals surface area contributed by atoms with Crippen LogP contribution in [0.25, 0.3) is 10.8 Å². The van der Waals surface area contributed by atoms with Crippen LogP contribution in [-0.2, 0) is 0 Å². The van der Waals surface area contributed by atoms with E-state index in [1.807, 2.05) is 0 Å². The quantitative estimate of drug-likeness (QED) is 0.853. The van der Waals surface area contributed by atoms with Crippen LogP contribution in [0.15, 0.2) is 40.9 Å². The van der Waals surface area contributed by atoms with E-state index in [4.69, 9.17) is 0 Å². The molecule has 2 unspecified atom stereocenters. The Hall–Kier alpha value is -1.06. The summed E-state index contributed by atoms with van der Waals surface area (Å²) in [6, 6.07) is 15.2. The normalized spacial score (nSPS) is 29.0. The number of anilines is 1. The van der Waals surface area contributed by atoms with Gasteiger partial charge in [-0.05, 0) is 50.2 Å².